The van der Waals surface area contributed by atoms with Crippen LogP contribution in [0.2, 0.25) is 0 Å². The topological polar surface area (TPSA) is 108 Å². The number of rotatable bonds is 6. The van der Waals surface area contributed by atoms with Gasteiger partial charge in [0.1, 0.15) is 5.82 Å². The van der Waals surface area contributed by atoms with Gasteiger partial charge in [0, 0.05) is 44.2 Å². The van der Waals surface area contributed by atoms with Crippen LogP contribution in [0.5, 0.6) is 0 Å². The molecule has 0 spiro atoms. The van der Waals surface area contributed by atoms with Crippen LogP contribution < -0.4 is 20.9 Å². The molecule has 1 amide bonds. The molecule has 4 N–H and O–H groups in total. The lowest BCUT2D eigenvalue weighted by atomic mass is 9.97. The second-order valence-electron chi connectivity index (χ2n) is 8.12. The molecular weight excluding hydrogens is 380 g/mol. The van der Waals surface area contributed by atoms with Gasteiger partial charge in [0.15, 0.2) is 11.5 Å². The van der Waals surface area contributed by atoms with Crippen molar-refractivity contribution in [1.29, 1.82) is 0 Å². The molecule has 0 radical (unpaired) electrons. The number of carbonyl (C=O) groups excluding carboxylic acids is 1. The number of hydrogen-bond acceptors (Lipinski definition) is 7. The second kappa shape index (κ2) is 9.30. The van der Waals surface area contributed by atoms with Gasteiger partial charge in [-0.05, 0) is 62.3 Å². The normalized spacial score (nSPS) is 17.8. The third kappa shape index (κ3) is 4.64. The van der Waals surface area contributed by atoms with Crippen molar-refractivity contribution in [2.24, 2.45) is 11.7 Å². The SMILES string of the molecule is NC(=O)c1ncc(N2CCCCC2)nc1Nc1ccc(N2CCC(CO)CC2)cc1. The van der Waals surface area contributed by atoms with Crippen molar-refractivity contribution in [3.05, 3.63) is 36.2 Å². The third-order valence-electron chi connectivity index (χ3n) is 6.04. The molecule has 2 saturated heterocycles. The molecule has 4 rings (SSSR count). The number of nitrogens with one attached hydrogen (secondary N) is 1. The van der Waals surface area contributed by atoms with Gasteiger partial charge in [-0.1, -0.05) is 0 Å². The highest BCUT2D eigenvalue weighted by Crippen LogP contribution is 2.27. The first-order chi connectivity index (χ1) is 14.6. The lowest BCUT2D eigenvalue weighted by Gasteiger charge is -2.33. The van der Waals surface area contributed by atoms with Crippen molar-refractivity contribution in [2.45, 2.75) is 32.1 Å². The smallest absolute Gasteiger partial charge is 0.271 e. The van der Waals surface area contributed by atoms with Gasteiger partial charge in [-0.3, -0.25) is 4.79 Å². The summed E-state index contributed by atoms with van der Waals surface area (Å²) in [7, 11) is 0. The van der Waals surface area contributed by atoms with Gasteiger partial charge in [-0.25, -0.2) is 9.97 Å². The number of carbonyl (C=O) groups is 1. The van der Waals surface area contributed by atoms with Crippen LogP contribution >= 0.6 is 0 Å². The van der Waals surface area contributed by atoms with Gasteiger partial charge in [0.05, 0.1) is 6.20 Å². The summed E-state index contributed by atoms with van der Waals surface area (Å²) in [6.07, 6.45) is 7.17. The van der Waals surface area contributed by atoms with Gasteiger partial charge in [-0.15, -0.1) is 0 Å². The number of primary amides is 1. The molecule has 160 valence electrons. The van der Waals surface area contributed by atoms with Crippen molar-refractivity contribution in [2.75, 3.05) is 47.9 Å². The molecule has 0 saturated carbocycles. The first-order valence-electron chi connectivity index (χ1n) is 10.8. The number of piperidine rings is 2. The van der Waals surface area contributed by atoms with Crippen LogP contribution in [-0.4, -0.2) is 53.8 Å². The van der Waals surface area contributed by atoms with Crippen LogP contribution in [0.4, 0.5) is 23.0 Å². The van der Waals surface area contributed by atoms with Crippen LogP contribution in [0.3, 0.4) is 0 Å². The van der Waals surface area contributed by atoms with Gasteiger partial charge >= 0.3 is 0 Å². The van der Waals surface area contributed by atoms with E-state index in [1.165, 1.54) is 6.42 Å². The largest absolute Gasteiger partial charge is 0.396 e. The van der Waals surface area contributed by atoms with E-state index in [0.29, 0.717) is 11.7 Å². The van der Waals surface area contributed by atoms with E-state index in [0.717, 1.165) is 69.1 Å². The molecule has 30 heavy (non-hydrogen) atoms. The van der Waals surface area contributed by atoms with E-state index in [1.807, 2.05) is 12.1 Å². The highest BCUT2D eigenvalue weighted by molar-refractivity contribution is 5.96. The number of hydrogen-bond donors (Lipinski definition) is 3. The minimum atomic E-state index is -0.599. The molecule has 0 bridgehead atoms. The summed E-state index contributed by atoms with van der Waals surface area (Å²) in [5, 5.41) is 12.5. The first kappa shape index (κ1) is 20.4. The van der Waals surface area contributed by atoms with E-state index < -0.39 is 5.91 Å². The highest BCUT2D eigenvalue weighted by Gasteiger charge is 2.20. The van der Waals surface area contributed by atoms with Crippen LogP contribution in [0.1, 0.15) is 42.6 Å². The Hall–Kier alpha value is -2.87. The van der Waals surface area contributed by atoms with E-state index in [2.05, 4.69) is 37.2 Å². The predicted molar refractivity (Wildman–Crippen MR) is 118 cm³/mol. The maximum atomic E-state index is 11.9. The molecule has 0 atom stereocenters. The first-order valence-corrected chi connectivity index (χ1v) is 10.8. The van der Waals surface area contributed by atoms with Crippen LogP contribution in [0.25, 0.3) is 0 Å². The van der Waals surface area contributed by atoms with Crippen molar-refractivity contribution < 1.29 is 9.90 Å². The predicted octanol–water partition coefficient (Wildman–Crippen LogP) is 2.52. The maximum absolute atomic E-state index is 11.9. The number of nitrogens with zero attached hydrogens (tertiary/aromatic N) is 4. The van der Waals surface area contributed by atoms with E-state index in [-0.39, 0.29) is 12.3 Å². The molecule has 2 fully saturated rings. The Morgan fingerprint density at radius 3 is 2.40 bits per heavy atom. The Kier molecular flexibility index (Phi) is 6.32. The maximum Gasteiger partial charge on any atom is 0.271 e. The van der Waals surface area contributed by atoms with Gasteiger partial charge in [0.25, 0.3) is 5.91 Å². The minimum absolute atomic E-state index is 0.144. The molecule has 1 aromatic carbocycles. The minimum Gasteiger partial charge on any atom is -0.396 e. The summed E-state index contributed by atoms with van der Waals surface area (Å²) < 4.78 is 0. The fraction of sp³-hybridized carbons (Fsp3) is 0.500. The van der Waals surface area contributed by atoms with Crippen LogP contribution in [-0.2, 0) is 0 Å². The average Bonchev–Trinajstić information content (AvgIpc) is 2.80. The fourth-order valence-corrected chi connectivity index (χ4v) is 4.19. The molecule has 0 unspecified atom stereocenters. The molecule has 2 aliphatic rings. The van der Waals surface area contributed by atoms with Crippen molar-refractivity contribution in [3.63, 3.8) is 0 Å². The number of aromatic nitrogens is 2. The fourth-order valence-electron chi connectivity index (χ4n) is 4.19. The molecular formula is C22H30N6O2. The van der Waals surface area contributed by atoms with Crippen molar-refractivity contribution >= 4 is 28.9 Å². The number of amides is 1. The summed E-state index contributed by atoms with van der Waals surface area (Å²) >= 11 is 0. The van der Waals surface area contributed by atoms with E-state index in [4.69, 9.17) is 5.73 Å². The van der Waals surface area contributed by atoms with Crippen LogP contribution in [0.15, 0.2) is 30.5 Å². The standard InChI is InChI=1S/C22H30N6O2/c23-21(30)20-22(26-19(14-24-20)28-10-2-1-3-11-28)25-17-4-6-18(7-5-17)27-12-8-16(15-29)9-13-27/h4-7,14,16,29H,1-3,8-13,15H2,(H2,23,30)(H,25,26). The zero-order valence-corrected chi connectivity index (χ0v) is 17.3. The Balaban J connectivity index is 1.49. The molecule has 2 aliphatic heterocycles. The monoisotopic (exact) mass is 410 g/mol. The molecule has 3 heterocycles. The van der Waals surface area contributed by atoms with Gasteiger partial charge in [-0.2, -0.15) is 0 Å². The third-order valence-corrected chi connectivity index (χ3v) is 6.04. The van der Waals surface area contributed by atoms with E-state index in [9.17, 15) is 9.90 Å². The summed E-state index contributed by atoms with van der Waals surface area (Å²) in [5.74, 6) is 0.978. The van der Waals surface area contributed by atoms with Gasteiger partial charge < -0.3 is 26.0 Å². The summed E-state index contributed by atoms with van der Waals surface area (Å²) in [4.78, 5) is 25.3. The molecule has 1 aromatic heterocycles. The Labute approximate surface area is 177 Å². The van der Waals surface area contributed by atoms with Gasteiger partial charge in [0.2, 0.25) is 0 Å². The quantitative estimate of drug-likeness (QED) is 0.671. The Morgan fingerprint density at radius 1 is 1.07 bits per heavy atom. The Morgan fingerprint density at radius 2 is 1.77 bits per heavy atom. The van der Waals surface area contributed by atoms with Crippen molar-refractivity contribution in [3.8, 4) is 0 Å². The summed E-state index contributed by atoms with van der Waals surface area (Å²) in [6, 6.07) is 8.09. The highest BCUT2D eigenvalue weighted by atomic mass is 16.3. The summed E-state index contributed by atoms with van der Waals surface area (Å²) in [6.45, 7) is 4.08. The van der Waals surface area contributed by atoms with E-state index in [1.54, 1.807) is 6.20 Å². The zero-order valence-electron chi connectivity index (χ0n) is 17.3. The number of anilines is 4. The Bertz CT molecular complexity index is 858. The second-order valence-corrected chi connectivity index (χ2v) is 8.12. The number of nitrogens with two attached hydrogens (primary N) is 1. The molecule has 8 heteroatoms. The molecule has 0 aliphatic carbocycles. The lowest BCUT2D eigenvalue weighted by molar-refractivity contribution is 0.0996. The number of aliphatic hydroxyl groups excluding tert-OH is 1. The van der Waals surface area contributed by atoms with Crippen LogP contribution in [0, 0.1) is 5.92 Å². The summed E-state index contributed by atoms with van der Waals surface area (Å²) in [5.41, 5.74) is 7.65. The number of aliphatic hydroxyl groups is 1. The zero-order chi connectivity index (χ0) is 20.9. The number of benzene rings is 1. The molecule has 8 nitrogen and oxygen atoms in total. The lowest BCUT2D eigenvalue weighted by Crippen LogP contribution is -2.34. The average molecular weight is 411 g/mol. The van der Waals surface area contributed by atoms with E-state index >= 15 is 0 Å². The van der Waals surface area contributed by atoms with Crippen molar-refractivity contribution in [1.82, 2.24) is 9.97 Å². The molecule has 2 aromatic rings.